The average Bonchev–Trinajstić information content (AvgIpc) is 3.34. The lowest BCUT2D eigenvalue weighted by atomic mass is 10.1. The van der Waals surface area contributed by atoms with Crippen LogP contribution in [0.5, 0.6) is 5.75 Å². The Morgan fingerprint density at radius 2 is 2.04 bits per heavy atom. The Labute approximate surface area is 166 Å². The van der Waals surface area contributed by atoms with E-state index in [4.69, 9.17) is 9.26 Å². The van der Waals surface area contributed by atoms with E-state index < -0.39 is 0 Å². The summed E-state index contributed by atoms with van der Waals surface area (Å²) in [6.45, 7) is 4.97. The number of hydrogen-bond donors (Lipinski definition) is 0. The van der Waals surface area contributed by atoms with Gasteiger partial charge in [0.2, 0.25) is 0 Å². The lowest BCUT2D eigenvalue weighted by Crippen LogP contribution is -2.27. The van der Waals surface area contributed by atoms with Gasteiger partial charge in [0.25, 0.3) is 0 Å². The van der Waals surface area contributed by atoms with Crippen molar-refractivity contribution >= 4 is 0 Å². The Kier molecular flexibility index (Phi) is 5.76. The number of aromatic nitrogens is 3. The molecule has 3 aromatic rings. The smallest absolute Gasteiger partial charge is 0.154 e. The number of aryl methyl sites for hydroxylation is 1. The third kappa shape index (κ3) is 4.12. The molecule has 1 atom stereocenters. The van der Waals surface area contributed by atoms with Gasteiger partial charge in [0, 0.05) is 36.5 Å². The third-order valence-corrected chi connectivity index (χ3v) is 5.50. The highest BCUT2D eigenvalue weighted by atomic mass is 16.5. The minimum absolute atomic E-state index is 0.256. The van der Waals surface area contributed by atoms with Crippen LogP contribution in [-0.4, -0.2) is 33.5 Å². The van der Waals surface area contributed by atoms with Crippen molar-refractivity contribution < 1.29 is 9.26 Å². The Bertz CT molecular complexity index is 884. The zero-order valence-corrected chi connectivity index (χ0v) is 16.7. The summed E-state index contributed by atoms with van der Waals surface area (Å²) in [6.07, 6.45) is 8.92. The van der Waals surface area contributed by atoms with Crippen molar-refractivity contribution in [3.63, 3.8) is 0 Å². The van der Waals surface area contributed by atoms with Crippen molar-refractivity contribution in [2.45, 2.75) is 51.7 Å². The molecule has 1 aromatic carbocycles. The van der Waals surface area contributed by atoms with Gasteiger partial charge in [-0.25, -0.2) is 0 Å². The van der Waals surface area contributed by atoms with E-state index in [0.717, 1.165) is 48.8 Å². The number of ether oxygens (including phenoxy) is 1. The summed E-state index contributed by atoms with van der Waals surface area (Å²) in [5, 5.41) is 8.77. The molecule has 6 heteroatoms. The molecule has 4 rings (SSSR count). The highest BCUT2D eigenvalue weighted by Crippen LogP contribution is 2.33. The zero-order chi connectivity index (χ0) is 19.3. The van der Waals surface area contributed by atoms with E-state index in [1.165, 1.54) is 24.8 Å². The van der Waals surface area contributed by atoms with E-state index in [2.05, 4.69) is 34.3 Å². The molecule has 0 saturated carbocycles. The van der Waals surface area contributed by atoms with Crippen LogP contribution in [0.1, 0.15) is 50.0 Å². The largest absolute Gasteiger partial charge is 0.497 e. The van der Waals surface area contributed by atoms with Crippen LogP contribution in [0.3, 0.4) is 0 Å². The number of hydrogen-bond acceptors (Lipinski definition) is 5. The van der Waals surface area contributed by atoms with Crippen molar-refractivity contribution in [1.29, 1.82) is 0 Å². The summed E-state index contributed by atoms with van der Waals surface area (Å²) in [7, 11) is 1.67. The summed E-state index contributed by atoms with van der Waals surface area (Å²) >= 11 is 0. The van der Waals surface area contributed by atoms with Crippen LogP contribution < -0.4 is 4.74 Å². The summed E-state index contributed by atoms with van der Waals surface area (Å²) in [5.74, 6) is 1.80. The molecule has 1 saturated heterocycles. The predicted molar refractivity (Wildman–Crippen MR) is 108 cm³/mol. The highest BCUT2D eigenvalue weighted by molar-refractivity contribution is 5.60. The fourth-order valence-electron chi connectivity index (χ4n) is 3.92. The minimum Gasteiger partial charge on any atom is -0.497 e. The summed E-state index contributed by atoms with van der Waals surface area (Å²) in [4.78, 5) is 2.52. The van der Waals surface area contributed by atoms with E-state index in [1.54, 1.807) is 7.11 Å². The van der Waals surface area contributed by atoms with E-state index >= 15 is 0 Å². The fraction of sp³-hybridized carbons (Fsp3) is 0.455. The highest BCUT2D eigenvalue weighted by Gasteiger charge is 2.26. The van der Waals surface area contributed by atoms with Crippen LogP contribution in [0.2, 0.25) is 0 Å². The Morgan fingerprint density at radius 1 is 1.18 bits per heavy atom. The molecule has 1 aliphatic rings. The van der Waals surface area contributed by atoms with Crippen LogP contribution >= 0.6 is 0 Å². The molecule has 1 fully saturated rings. The predicted octanol–water partition coefficient (Wildman–Crippen LogP) is 4.68. The molecular weight excluding hydrogens is 352 g/mol. The summed E-state index contributed by atoms with van der Waals surface area (Å²) in [6, 6.07) is 10.3. The van der Waals surface area contributed by atoms with Gasteiger partial charge in [-0.1, -0.05) is 18.0 Å². The number of methoxy groups -OCH3 is 1. The molecule has 6 nitrogen and oxygen atoms in total. The maximum absolute atomic E-state index is 5.82. The van der Waals surface area contributed by atoms with Crippen molar-refractivity contribution in [1.82, 2.24) is 19.8 Å². The van der Waals surface area contributed by atoms with E-state index in [-0.39, 0.29) is 6.04 Å². The standard InChI is InChI=1S/C22H28N4O2/c1-3-26-16-17(14-23-26)15-25-12-6-4-5-7-21(25)22-13-20(24-28-22)18-8-10-19(27-2)11-9-18/h8-11,13-14,16,21H,3-7,12,15H2,1-2H3/t21-/m0/s1. The minimum atomic E-state index is 0.256. The zero-order valence-electron chi connectivity index (χ0n) is 16.7. The normalized spacial score (nSPS) is 18.1. The third-order valence-electron chi connectivity index (χ3n) is 5.50. The van der Waals surface area contributed by atoms with Gasteiger partial charge in [-0.2, -0.15) is 5.10 Å². The lowest BCUT2D eigenvalue weighted by Gasteiger charge is -2.27. The van der Waals surface area contributed by atoms with Crippen LogP contribution in [0.25, 0.3) is 11.3 Å². The molecule has 2 aromatic heterocycles. The maximum Gasteiger partial charge on any atom is 0.154 e. The molecule has 28 heavy (non-hydrogen) atoms. The molecule has 0 bridgehead atoms. The maximum atomic E-state index is 5.82. The number of likely N-dealkylation sites (tertiary alicyclic amines) is 1. The SMILES string of the molecule is CCn1cc(CN2CCCCC[C@H]2c2cc(-c3ccc(OC)cc3)no2)cn1. The van der Waals surface area contributed by atoms with Gasteiger partial charge in [-0.3, -0.25) is 9.58 Å². The van der Waals surface area contributed by atoms with Crippen LogP contribution in [0.4, 0.5) is 0 Å². The van der Waals surface area contributed by atoms with Gasteiger partial charge in [0.05, 0.1) is 19.3 Å². The second-order valence-electron chi connectivity index (χ2n) is 7.38. The average molecular weight is 380 g/mol. The van der Waals surface area contributed by atoms with Crippen LogP contribution in [0.15, 0.2) is 47.2 Å². The van der Waals surface area contributed by atoms with Gasteiger partial charge >= 0.3 is 0 Å². The van der Waals surface area contributed by atoms with Crippen molar-refractivity contribution in [3.8, 4) is 17.0 Å². The van der Waals surface area contributed by atoms with Crippen LogP contribution in [-0.2, 0) is 13.1 Å². The number of benzene rings is 1. The first-order valence-electron chi connectivity index (χ1n) is 10.1. The lowest BCUT2D eigenvalue weighted by molar-refractivity contribution is 0.160. The quantitative estimate of drug-likeness (QED) is 0.621. The molecular formula is C22H28N4O2. The molecule has 0 amide bonds. The molecule has 0 radical (unpaired) electrons. The van der Waals surface area contributed by atoms with E-state index in [9.17, 15) is 0 Å². The van der Waals surface area contributed by atoms with Gasteiger partial charge in [0.1, 0.15) is 11.4 Å². The van der Waals surface area contributed by atoms with Crippen molar-refractivity contribution in [2.75, 3.05) is 13.7 Å². The second kappa shape index (κ2) is 8.61. The molecule has 148 valence electrons. The first-order valence-corrected chi connectivity index (χ1v) is 10.1. The fourth-order valence-corrected chi connectivity index (χ4v) is 3.92. The molecule has 0 aliphatic carbocycles. The molecule has 0 spiro atoms. The Morgan fingerprint density at radius 3 is 2.79 bits per heavy atom. The van der Waals surface area contributed by atoms with E-state index in [1.807, 2.05) is 35.1 Å². The number of nitrogens with zero attached hydrogens (tertiary/aromatic N) is 4. The first-order chi connectivity index (χ1) is 13.8. The Hall–Kier alpha value is -2.60. The van der Waals surface area contributed by atoms with Crippen molar-refractivity contribution in [3.05, 3.63) is 54.0 Å². The van der Waals surface area contributed by atoms with Gasteiger partial charge < -0.3 is 9.26 Å². The second-order valence-corrected chi connectivity index (χ2v) is 7.38. The summed E-state index contributed by atoms with van der Waals surface area (Å²) < 4.78 is 13.0. The monoisotopic (exact) mass is 380 g/mol. The van der Waals surface area contributed by atoms with E-state index in [0.29, 0.717) is 0 Å². The topological polar surface area (TPSA) is 56.3 Å². The van der Waals surface area contributed by atoms with Crippen LogP contribution in [0, 0.1) is 0 Å². The molecule has 1 aliphatic heterocycles. The molecule has 3 heterocycles. The first kappa shape index (κ1) is 18.7. The van der Waals surface area contributed by atoms with Crippen molar-refractivity contribution in [2.24, 2.45) is 0 Å². The van der Waals surface area contributed by atoms with Gasteiger partial charge in [-0.15, -0.1) is 0 Å². The van der Waals surface area contributed by atoms with Gasteiger partial charge in [0.15, 0.2) is 5.76 Å². The summed E-state index contributed by atoms with van der Waals surface area (Å²) in [5.41, 5.74) is 3.17. The van der Waals surface area contributed by atoms with Gasteiger partial charge in [-0.05, 0) is 50.6 Å². The number of rotatable bonds is 6. The Balaban J connectivity index is 1.54. The molecule has 0 N–H and O–H groups in total. The molecule has 0 unspecified atom stereocenters.